The van der Waals surface area contributed by atoms with E-state index in [0.29, 0.717) is 17.8 Å². The number of primary sulfonamides is 1. The van der Waals surface area contributed by atoms with Gasteiger partial charge in [0.2, 0.25) is 21.8 Å². The van der Waals surface area contributed by atoms with Crippen LogP contribution in [0, 0.1) is 13.8 Å². The van der Waals surface area contributed by atoms with Crippen LogP contribution in [-0.4, -0.2) is 63.8 Å². The number of carbonyl (C=O) groups excluding carboxylic acids is 2. The summed E-state index contributed by atoms with van der Waals surface area (Å²) in [4.78, 5) is 27.5. The van der Waals surface area contributed by atoms with E-state index >= 15 is 0 Å². The molecule has 0 heterocycles. The van der Waals surface area contributed by atoms with E-state index in [1.807, 2.05) is 6.92 Å². The molecule has 0 aliphatic rings. The molecule has 0 atom stereocenters. The van der Waals surface area contributed by atoms with Gasteiger partial charge in [-0.1, -0.05) is 6.92 Å². The highest BCUT2D eigenvalue weighted by Crippen LogP contribution is 2.23. The van der Waals surface area contributed by atoms with Crippen LogP contribution in [0.4, 0.5) is 5.69 Å². The zero-order valence-electron chi connectivity index (χ0n) is 16.0. The average Bonchev–Trinajstić information content (AvgIpc) is 2.50. The Morgan fingerprint density at radius 1 is 1.15 bits per heavy atom. The second-order valence-electron chi connectivity index (χ2n) is 6.50. The van der Waals surface area contributed by atoms with Crippen molar-refractivity contribution in [3.8, 4) is 0 Å². The Balaban J connectivity index is 2.95. The van der Waals surface area contributed by atoms with E-state index in [9.17, 15) is 18.0 Å². The molecule has 8 nitrogen and oxygen atoms in total. The first-order chi connectivity index (χ1) is 12.0. The minimum absolute atomic E-state index is 0.0332. The van der Waals surface area contributed by atoms with Crippen molar-refractivity contribution < 1.29 is 18.0 Å². The van der Waals surface area contributed by atoms with Crippen LogP contribution in [0.5, 0.6) is 0 Å². The molecule has 2 amide bonds. The summed E-state index contributed by atoms with van der Waals surface area (Å²) in [5.74, 6) is -0.409. The van der Waals surface area contributed by atoms with Crippen molar-refractivity contribution in [1.29, 1.82) is 0 Å². The Hall–Kier alpha value is -1.97. The van der Waals surface area contributed by atoms with Crippen molar-refractivity contribution in [2.24, 2.45) is 5.14 Å². The smallest absolute Gasteiger partial charge is 0.238 e. The van der Waals surface area contributed by atoms with Gasteiger partial charge in [-0.3, -0.25) is 14.5 Å². The Morgan fingerprint density at radius 2 is 1.77 bits per heavy atom. The summed E-state index contributed by atoms with van der Waals surface area (Å²) in [5, 5.41) is 7.92. The van der Waals surface area contributed by atoms with Crippen molar-refractivity contribution in [3.63, 3.8) is 0 Å². The van der Waals surface area contributed by atoms with Gasteiger partial charge in [0, 0.05) is 19.8 Å². The number of carbonyl (C=O) groups is 2. The Morgan fingerprint density at radius 3 is 2.27 bits per heavy atom. The molecular formula is C17H28N4O4S. The van der Waals surface area contributed by atoms with E-state index in [-0.39, 0.29) is 29.8 Å². The van der Waals surface area contributed by atoms with Crippen LogP contribution in [0.15, 0.2) is 17.0 Å². The minimum Gasteiger partial charge on any atom is -0.348 e. The van der Waals surface area contributed by atoms with Crippen molar-refractivity contribution >= 4 is 27.5 Å². The topological polar surface area (TPSA) is 113 Å². The van der Waals surface area contributed by atoms with Gasteiger partial charge in [0.25, 0.3) is 0 Å². The van der Waals surface area contributed by atoms with Crippen molar-refractivity contribution in [1.82, 2.24) is 9.80 Å². The van der Waals surface area contributed by atoms with Gasteiger partial charge in [-0.2, -0.15) is 0 Å². The van der Waals surface area contributed by atoms with E-state index in [4.69, 9.17) is 5.14 Å². The number of nitrogens with one attached hydrogen (secondary N) is 1. The van der Waals surface area contributed by atoms with Crippen LogP contribution in [0.2, 0.25) is 0 Å². The van der Waals surface area contributed by atoms with Crippen LogP contribution >= 0.6 is 0 Å². The number of sulfonamides is 1. The number of anilines is 1. The molecule has 0 fully saturated rings. The molecule has 9 heteroatoms. The standard InChI is InChI=1S/C17H28N4O4S/c1-6-7-21(11-17(23)20(4)5)10-16(22)19-15-9-14(26(18,24)25)8-12(2)13(15)3/h8-9H,6-7,10-11H2,1-5H3,(H,19,22)(H2,18,24,25). The highest BCUT2D eigenvalue weighted by Gasteiger charge is 2.17. The van der Waals surface area contributed by atoms with E-state index in [2.05, 4.69) is 5.32 Å². The molecule has 0 saturated heterocycles. The third-order valence-corrected chi connectivity index (χ3v) is 4.90. The molecule has 0 aromatic heterocycles. The first kappa shape index (κ1) is 22.1. The van der Waals surface area contributed by atoms with Gasteiger partial charge < -0.3 is 10.2 Å². The van der Waals surface area contributed by atoms with E-state index in [1.54, 1.807) is 32.8 Å². The van der Waals surface area contributed by atoms with Crippen LogP contribution < -0.4 is 10.5 Å². The molecule has 26 heavy (non-hydrogen) atoms. The SMILES string of the molecule is CCCN(CC(=O)Nc1cc(S(N)(=O)=O)cc(C)c1C)CC(=O)N(C)C. The van der Waals surface area contributed by atoms with E-state index in [1.165, 1.54) is 17.0 Å². The van der Waals surface area contributed by atoms with E-state index in [0.717, 1.165) is 12.0 Å². The number of nitrogens with zero attached hydrogens (tertiary/aromatic N) is 2. The lowest BCUT2D eigenvalue weighted by molar-refractivity contribution is -0.130. The molecule has 0 saturated carbocycles. The summed E-state index contributed by atoms with van der Waals surface area (Å²) < 4.78 is 23.2. The second kappa shape index (κ2) is 9.11. The molecule has 0 radical (unpaired) electrons. The van der Waals surface area contributed by atoms with Gasteiger partial charge >= 0.3 is 0 Å². The zero-order chi connectivity index (χ0) is 20.1. The average molecular weight is 385 g/mol. The molecule has 0 aliphatic heterocycles. The monoisotopic (exact) mass is 384 g/mol. The van der Waals surface area contributed by atoms with Gasteiger partial charge in [-0.15, -0.1) is 0 Å². The van der Waals surface area contributed by atoms with Crippen LogP contribution in [-0.2, 0) is 19.6 Å². The lowest BCUT2D eigenvalue weighted by Crippen LogP contribution is -2.41. The lowest BCUT2D eigenvalue weighted by Gasteiger charge is -2.23. The molecule has 0 spiro atoms. The lowest BCUT2D eigenvalue weighted by atomic mass is 10.1. The Bertz CT molecular complexity index is 775. The van der Waals surface area contributed by atoms with Gasteiger partial charge in [-0.05, 0) is 50.1 Å². The highest BCUT2D eigenvalue weighted by atomic mass is 32.2. The third kappa shape index (κ3) is 6.40. The summed E-state index contributed by atoms with van der Waals surface area (Å²) in [6, 6.07) is 2.82. The Kier molecular flexibility index (Phi) is 7.73. The van der Waals surface area contributed by atoms with Crippen molar-refractivity contribution in [3.05, 3.63) is 23.3 Å². The first-order valence-corrected chi connectivity index (χ1v) is 9.86. The summed E-state index contributed by atoms with van der Waals surface area (Å²) in [7, 11) is -0.541. The number of rotatable bonds is 8. The van der Waals surface area contributed by atoms with Gasteiger partial charge in [-0.25, -0.2) is 13.6 Å². The predicted octanol–water partition coefficient (Wildman–Crippen LogP) is 0.690. The molecule has 3 N–H and O–H groups in total. The number of aryl methyl sites for hydroxylation is 1. The normalized spacial score (nSPS) is 11.5. The highest BCUT2D eigenvalue weighted by molar-refractivity contribution is 7.89. The summed E-state index contributed by atoms with van der Waals surface area (Å²) in [6.07, 6.45) is 0.799. The van der Waals surface area contributed by atoms with Crippen molar-refractivity contribution in [2.45, 2.75) is 32.1 Å². The summed E-state index contributed by atoms with van der Waals surface area (Å²) >= 11 is 0. The number of nitrogens with two attached hydrogens (primary N) is 1. The zero-order valence-corrected chi connectivity index (χ0v) is 16.8. The summed E-state index contributed by atoms with van der Waals surface area (Å²) in [5.41, 5.74) is 1.87. The molecular weight excluding hydrogens is 356 g/mol. The Labute approximate surface area is 155 Å². The maximum atomic E-state index is 12.4. The fraction of sp³-hybridized carbons (Fsp3) is 0.529. The molecule has 0 unspecified atom stereocenters. The molecule has 146 valence electrons. The van der Waals surface area contributed by atoms with Crippen molar-refractivity contribution in [2.75, 3.05) is 39.0 Å². The van der Waals surface area contributed by atoms with Gasteiger partial charge in [0.15, 0.2) is 0 Å². The molecule has 0 bridgehead atoms. The van der Waals surface area contributed by atoms with Gasteiger partial charge in [0.05, 0.1) is 18.0 Å². The molecule has 1 aromatic rings. The first-order valence-electron chi connectivity index (χ1n) is 8.32. The molecule has 1 aromatic carbocycles. The minimum atomic E-state index is -3.87. The molecule has 0 aliphatic carbocycles. The predicted molar refractivity (Wildman–Crippen MR) is 101 cm³/mol. The van der Waals surface area contributed by atoms with Crippen LogP contribution in [0.25, 0.3) is 0 Å². The van der Waals surface area contributed by atoms with Gasteiger partial charge in [0.1, 0.15) is 0 Å². The fourth-order valence-electron chi connectivity index (χ4n) is 2.38. The number of benzene rings is 1. The maximum Gasteiger partial charge on any atom is 0.238 e. The number of likely N-dealkylation sites (N-methyl/N-ethyl adjacent to an activating group) is 1. The number of amides is 2. The maximum absolute atomic E-state index is 12.4. The fourth-order valence-corrected chi connectivity index (χ4v) is 3.00. The van der Waals surface area contributed by atoms with E-state index < -0.39 is 10.0 Å². The number of hydrogen-bond donors (Lipinski definition) is 2. The largest absolute Gasteiger partial charge is 0.348 e. The van der Waals surface area contributed by atoms with Crippen LogP contribution in [0.3, 0.4) is 0 Å². The summed E-state index contributed by atoms with van der Waals surface area (Å²) in [6.45, 7) is 6.28. The quantitative estimate of drug-likeness (QED) is 0.685. The second-order valence-corrected chi connectivity index (χ2v) is 8.07. The molecule has 1 rings (SSSR count). The van der Waals surface area contributed by atoms with Crippen LogP contribution in [0.1, 0.15) is 24.5 Å². The third-order valence-electron chi connectivity index (χ3n) is 4.01. The number of hydrogen-bond acceptors (Lipinski definition) is 5.